The number of aromatic carboxylic acids is 1. The summed E-state index contributed by atoms with van der Waals surface area (Å²) in [7, 11) is -3.40. The standard InChI is InChI=1S/C12H17N3O5S/c1-12(2,15-21(3,19)20)7-14-10(16)8-4-5-13-9(6-8)11(17)18/h4-6,15H,7H2,1-3H3,(H,14,16)(H,17,18). The number of carbonyl (C=O) groups excluding carboxylic acids is 1. The third kappa shape index (κ3) is 5.88. The third-order valence-electron chi connectivity index (χ3n) is 2.39. The normalized spacial score (nSPS) is 12.0. The van der Waals surface area contributed by atoms with Crippen molar-refractivity contribution >= 4 is 21.9 Å². The molecule has 9 heteroatoms. The van der Waals surface area contributed by atoms with Crippen molar-refractivity contribution in [3.05, 3.63) is 29.6 Å². The van der Waals surface area contributed by atoms with Gasteiger partial charge in [0.05, 0.1) is 6.26 Å². The second-order valence-electron chi connectivity index (χ2n) is 5.18. The van der Waals surface area contributed by atoms with Gasteiger partial charge in [-0.05, 0) is 26.0 Å². The number of rotatable bonds is 6. The highest BCUT2D eigenvalue weighted by molar-refractivity contribution is 7.88. The lowest BCUT2D eigenvalue weighted by molar-refractivity contribution is 0.0690. The fourth-order valence-corrected chi connectivity index (χ4v) is 2.71. The summed E-state index contributed by atoms with van der Waals surface area (Å²) in [4.78, 5) is 26.3. The molecule has 1 aromatic heterocycles. The second-order valence-corrected chi connectivity index (χ2v) is 6.92. The molecule has 0 unspecified atom stereocenters. The predicted octanol–water partition coefficient (Wildman–Crippen LogP) is -0.163. The number of carboxylic acids is 1. The Morgan fingerprint density at radius 2 is 2.00 bits per heavy atom. The van der Waals surface area contributed by atoms with E-state index in [1.807, 2.05) is 0 Å². The van der Waals surface area contributed by atoms with Gasteiger partial charge in [-0.1, -0.05) is 0 Å². The van der Waals surface area contributed by atoms with E-state index in [0.717, 1.165) is 12.3 Å². The van der Waals surface area contributed by atoms with Crippen molar-refractivity contribution in [1.82, 2.24) is 15.0 Å². The second kappa shape index (κ2) is 6.19. The summed E-state index contributed by atoms with van der Waals surface area (Å²) in [5.74, 6) is -1.74. The molecule has 1 amide bonds. The zero-order chi connectivity index (χ0) is 16.3. The predicted molar refractivity (Wildman–Crippen MR) is 75.6 cm³/mol. The molecule has 116 valence electrons. The lowest BCUT2D eigenvalue weighted by Gasteiger charge is -2.25. The summed E-state index contributed by atoms with van der Waals surface area (Å²) >= 11 is 0. The van der Waals surface area contributed by atoms with Crippen molar-refractivity contribution in [2.75, 3.05) is 12.8 Å². The van der Waals surface area contributed by atoms with Gasteiger partial charge in [0.1, 0.15) is 5.69 Å². The van der Waals surface area contributed by atoms with Crippen LogP contribution in [0.5, 0.6) is 0 Å². The molecule has 21 heavy (non-hydrogen) atoms. The Bertz CT molecular complexity index is 655. The molecule has 0 bridgehead atoms. The van der Waals surface area contributed by atoms with Crippen LogP contribution < -0.4 is 10.0 Å². The highest BCUT2D eigenvalue weighted by atomic mass is 32.2. The van der Waals surface area contributed by atoms with Gasteiger partial charge in [-0.15, -0.1) is 0 Å². The Balaban J connectivity index is 2.74. The van der Waals surface area contributed by atoms with Gasteiger partial charge in [0.15, 0.2) is 0 Å². The quantitative estimate of drug-likeness (QED) is 0.669. The topological polar surface area (TPSA) is 125 Å². The number of amides is 1. The smallest absolute Gasteiger partial charge is 0.354 e. The lowest BCUT2D eigenvalue weighted by Crippen LogP contribution is -2.51. The van der Waals surface area contributed by atoms with E-state index in [-0.39, 0.29) is 17.8 Å². The minimum Gasteiger partial charge on any atom is -0.477 e. The van der Waals surface area contributed by atoms with E-state index in [0.29, 0.717) is 0 Å². The minimum atomic E-state index is -3.40. The molecule has 0 aliphatic heterocycles. The molecular formula is C12H17N3O5S. The SMILES string of the molecule is CC(C)(CNC(=O)c1ccnc(C(=O)O)c1)NS(C)(=O)=O. The molecule has 0 saturated carbocycles. The molecule has 0 aliphatic rings. The van der Waals surface area contributed by atoms with Gasteiger partial charge >= 0.3 is 5.97 Å². The largest absolute Gasteiger partial charge is 0.477 e. The first-order chi connectivity index (χ1) is 9.50. The zero-order valence-corrected chi connectivity index (χ0v) is 12.7. The van der Waals surface area contributed by atoms with Crippen LogP contribution in [0.3, 0.4) is 0 Å². The van der Waals surface area contributed by atoms with Gasteiger partial charge < -0.3 is 10.4 Å². The molecule has 1 rings (SSSR count). The number of nitrogens with one attached hydrogen (secondary N) is 2. The van der Waals surface area contributed by atoms with Crippen LogP contribution in [0.4, 0.5) is 0 Å². The van der Waals surface area contributed by atoms with Crippen LogP contribution in [0.15, 0.2) is 18.3 Å². The molecule has 0 radical (unpaired) electrons. The van der Waals surface area contributed by atoms with E-state index < -0.39 is 27.4 Å². The van der Waals surface area contributed by atoms with Crippen molar-refractivity contribution in [3.8, 4) is 0 Å². The summed E-state index contributed by atoms with van der Waals surface area (Å²) in [6.07, 6.45) is 2.25. The van der Waals surface area contributed by atoms with E-state index in [9.17, 15) is 18.0 Å². The molecule has 0 spiro atoms. The average molecular weight is 315 g/mol. The first-order valence-electron chi connectivity index (χ1n) is 5.97. The number of carbonyl (C=O) groups is 2. The number of hydrogen-bond donors (Lipinski definition) is 3. The summed E-state index contributed by atoms with van der Waals surface area (Å²) in [6, 6.07) is 2.52. The Kier molecular flexibility index (Phi) is 5.02. The Labute approximate surface area is 122 Å². The van der Waals surface area contributed by atoms with E-state index in [1.54, 1.807) is 13.8 Å². The number of carboxylic acid groups (broad SMARTS) is 1. The third-order valence-corrected chi connectivity index (χ3v) is 3.32. The average Bonchev–Trinajstić information content (AvgIpc) is 2.33. The zero-order valence-electron chi connectivity index (χ0n) is 11.9. The van der Waals surface area contributed by atoms with Crippen molar-refractivity contribution in [1.29, 1.82) is 0 Å². The van der Waals surface area contributed by atoms with Crippen molar-refractivity contribution < 1.29 is 23.1 Å². The number of aromatic nitrogens is 1. The van der Waals surface area contributed by atoms with Gasteiger partial charge in [-0.3, -0.25) is 4.79 Å². The molecule has 0 aliphatic carbocycles. The van der Waals surface area contributed by atoms with E-state index in [4.69, 9.17) is 5.11 Å². The van der Waals surface area contributed by atoms with Crippen molar-refractivity contribution in [3.63, 3.8) is 0 Å². The van der Waals surface area contributed by atoms with E-state index >= 15 is 0 Å². The summed E-state index contributed by atoms with van der Waals surface area (Å²) in [6.45, 7) is 3.27. The molecule has 1 aromatic rings. The first kappa shape index (κ1) is 17.1. The number of pyridine rings is 1. The molecule has 0 saturated heterocycles. The maximum absolute atomic E-state index is 11.9. The molecule has 3 N–H and O–H groups in total. The van der Waals surface area contributed by atoms with Crippen LogP contribution in [-0.4, -0.2) is 48.7 Å². The summed E-state index contributed by atoms with van der Waals surface area (Å²) < 4.78 is 24.8. The maximum Gasteiger partial charge on any atom is 0.354 e. The molecule has 8 nitrogen and oxygen atoms in total. The van der Waals surface area contributed by atoms with Crippen LogP contribution in [-0.2, 0) is 10.0 Å². The maximum atomic E-state index is 11.9. The van der Waals surface area contributed by atoms with Crippen LogP contribution in [0.2, 0.25) is 0 Å². The fraction of sp³-hybridized carbons (Fsp3) is 0.417. The van der Waals surface area contributed by atoms with Crippen LogP contribution in [0.25, 0.3) is 0 Å². The van der Waals surface area contributed by atoms with Crippen molar-refractivity contribution in [2.24, 2.45) is 0 Å². The molecule has 0 fully saturated rings. The van der Waals surface area contributed by atoms with Crippen molar-refractivity contribution in [2.45, 2.75) is 19.4 Å². The molecule has 1 heterocycles. The Hall–Kier alpha value is -2.00. The molecule has 0 aromatic carbocycles. The number of nitrogens with zero attached hydrogens (tertiary/aromatic N) is 1. The summed E-state index contributed by atoms with van der Waals surface area (Å²) in [5.41, 5.74) is -0.972. The van der Waals surface area contributed by atoms with Crippen LogP contribution >= 0.6 is 0 Å². The number of sulfonamides is 1. The van der Waals surface area contributed by atoms with Crippen LogP contribution in [0, 0.1) is 0 Å². The van der Waals surface area contributed by atoms with E-state index in [2.05, 4.69) is 15.0 Å². The summed E-state index contributed by atoms with van der Waals surface area (Å²) in [5, 5.41) is 11.3. The molecular weight excluding hydrogens is 298 g/mol. The van der Waals surface area contributed by atoms with Gasteiger partial charge in [0.25, 0.3) is 5.91 Å². The highest BCUT2D eigenvalue weighted by Gasteiger charge is 2.23. The molecule has 0 atom stereocenters. The first-order valence-corrected chi connectivity index (χ1v) is 7.86. The monoisotopic (exact) mass is 315 g/mol. The van der Waals surface area contributed by atoms with Gasteiger partial charge in [0.2, 0.25) is 10.0 Å². The van der Waals surface area contributed by atoms with Gasteiger partial charge in [-0.25, -0.2) is 22.9 Å². The highest BCUT2D eigenvalue weighted by Crippen LogP contribution is 2.05. The van der Waals surface area contributed by atoms with Crippen LogP contribution in [0.1, 0.15) is 34.7 Å². The van der Waals surface area contributed by atoms with E-state index in [1.165, 1.54) is 12.3 Å². The Morgan fingerprint density at radius 1 is 1.38 bits per heavy atom. The Morgan fingerprint density at radius 3 is 2.52 bits per heavy atom. The lowest BCUT2D eigenvalue weighted by atomic mass is 10.1. The fourth-order valence-electron chi connectivity index (χ4n) is 1.63. The van der Waals surface area contributed by atoms with Gasteiger partial charge in [0, 0.05) is 23.8 Å². The number of hydrogen-bond acceptors (Lipinski definition) is 5. The minimum absolute atomic E-state index is 0.0453. The van der Waals surface area contributed by atoms with Gasteiger partial charge in [-0.2, -0.15) is 0 Å².